The van der Waals surface area contributed by atoms with E-state index in [2.05, 4.69) is 5.32 Å². The zero-order valence-corrected chi connectivity index (χ0v) is 15.2. The smallest absolute Gasteiger partial charge is 0.341 e. The van der Waals surface area contributed by atoms with Crippen LogP contribution in [0, 0.1) is 5.82 Å². The highest BCUT2D eigenvalue weighted by atomic mass is 32.1. The molecule has 0 aliphatic heterocycles. The molecule has 2 aromatic rings. The lowest BCUT2D eigenvalue weighted by Gasteiger charge is -2.07. The van der Waals surface area contributed by atoms with Crippen LogP contribution in [0.3, 0.4) is 0 Å². The highest BCUT2D eigenvalue weighted by molar-refractivity contribution is 7.16. The topological polar surface area (TPSA) is 64.6 Å². The first-order chi connectivity index (χ1) is 12.0. The molecule has 0 spiro atoms. The highest BCUT2D eigenvalue weighted by Crippen LogP contribution is 2.29. The number of aryl methyl sites for hydroxylation is 1. The van der Waals surface area contributed by atoms with Gasteiger partial charge in [-0.15, -0.1) is 11.3 Å². The van der Waals surface area contributed by atoms with Crippen LogP contribution >= 0.6 is 11.3 Å². The van der Waals surface area contributed by atoms with Gasteiger partial charge in [0.2, 0.25) is 5.91 Å². The number of esters is 1. The zero-order chi connectivity index (χ0) is 18.4. The number of thiophene rings is 1. The molecule has 134 valence electrons. The summed E-state index contributed by atoms with van der Waals surface area (Å²) < 4.78 is 23.6. The molecule has 0 unspecified atom stereocenters. The minimum absolute atomic E-state index is 0.0114. The van der Waals surface area contributed by atoms with Crippen LogP contribution in [0.2, 0.25) is 0 Å². The van der Waals surface area contributed by atoms with Crippen molar-refractivity contribution in [2.45, 2.75) is 26.7 Å². The maximum absolute atomic E-state index is 13.7. The van der Waals surface area contributed by atoms with E-state index in [1.54, 1.807) is 19.1 Å². The maximum Gasteiger partial charge on any atom is 0.341 e. The molecule has 7 heteroatoms. The Morgan fingerprint density at radius 2 is 2.00 bits per heavy atom. The molecule has 1 heterocycles. The number of anilines is 1. The first-order valence-corrected chi connectivity index (χ1v) is 8.72. The average Bonchev–Trinajstić information content (AvgIpc) is 2.98. The van der Waals surface area contributed by atoms with Gasteiger partial charge in [0.05, 0.1) is 25.7 Å². The molecule has 0 atom stereocenters. The molecular weight excluding hydrogens is 345 g/mol. The van der Waals surface area contributed by atoms with E-state index < -0.39 is 11.8 Å². The lowest BCUT2D eigenvalue weighted by atomic mass is 10.1. The molecule has 2 rings (SSSR count). The van der Waals surface area contributed by atoms with Gasteiger partial charge in [-0.3, -0.25) is 4.79 Å². The number of amides is 1. The summed E-state index contributed by atoms with van der Waals surface area (Å²) >= 11 is 1.33. The minimum atomic E-state index is -0.524. The van der Waals surface area contributed by atoms with Crippen LogP contribution in [-0.4, -0.2) is 25.6 Å². The molecule has 0 bridgehead atoms. The lowest BCUT2D eigenvalue weighted by molar-refractivity contribution is -0.115. The predicted molar refractivity (Wildman–Crippen MR) is 94.9 cm³/mol. The van der Waals surface area contributed by atoms with Gasteiger partial charge in [-0.05, 0) is 37.1 Å². The van der Waals surface area contributed by atoms with Crippen molar-refractivity contribution in [3.8, 4) is 5.75 Å². The molecule has 0 radical (unpaired) electrons. The number of rotatable bonds is 7. The van der Waals surface area contributed by atoms with E-state index >= 15 is 0 Å². The third-order valence-electron chi connectivity index (χ3n) is 3.46. The molecule has 0 aliphatic carbocycles. The Labute approximate surface area is 149 Å². The Morgan fingerprint density at radius 3 is 2.60 bits per heavy atom. The molecule has 25 heavy (non-hydrogen) atoms. The van der Waals surface area contributed by atoms with Gasteiger partial charge in [0, 0.05) is 4.88 Å². The Kier molecular flexibility index (Phi) is 6.52. The number of hydrogen-bond acceptors (Lipinski definition) is 5. The van der Waals surface area contributed by atoms with Crippen LogP contribution < -0.4 is 10.1 Å². The van der Waals surface area contributed by atoms with Gasteiger partial charge in [-0.1, -0.05) is 13.0 Å². The van der Waals surface area contributed by atoms with Crippen molar-refractivity contribution in [1.82, 2.24) is 0 Å². The van der Waals surface area contributed by atoms with E-state index in [4.69, 9.17) is 9.47 Å². The SMILES string of the molecule is CCOC(=O)c1cc(CC)sc1NC(=O)Cc1ccc(OC)c(F)c1. The van der Waals surface area contributed by atoms with Gasteiger partial charge < -0.3 is 14.8 Å². The zero-order valence-electron chi connectivity index (χ0n) is 14.3. The van der Waals surface area contributed by atoms with Gasteiger partial charge in [-0.25, -0.2) is 9.18 Å². The monoisotopic (exact) mass is 365 g/mol. The summed E-state index contributed by atoms with van der Waals surface area (Å²) in [6, 6.07) is 6.09. The van der Waals surface area contributed by atoms with Gasteiger partial charge in [-0.2, -0.15) is 0 Å². The molecule has 0 fully saturated rings. The number of nitrogens with one attached hydrogen (secondary N) is 1. The van der Waals surface area contributed by atoms with Crippen molar-refractivity contribution in [2.75, 3.05) is 19.0 Å². The van der Waals surface area contributed by atoms with Gasteiger partial charge in [0.1, 0.15) is 5.00 Å². The Hall–Kier alpha value is -2.41. The number of carbonyl (C=O) groups excluding carboxylic acids is 2. The number of hydrogen-bond donors (Lipinski definition) is 1. The summed E-state index contributed by atoms with van der Waals surface area (Å²) in [5, 5.41) is 3.18. The number of halogens is 1. The summed E-state index contributed by atoms with van der Waals surface area (Å²) in [6.07, 6.45) is 0.735. The lowest BCUT2D eigenvalue weighted by Crippen LogP contribution is -2.16. The van der Waals surface area contributed by atoms with Gasteiger partial charge in [0.25, 0.3) is 0 Å². The second kappa shape index (κ2) is 8.62. The fraction of sp³-hybridized carbons (Fsp3) is 0.333. The summed E-state index contributed by atoms with van der Waals surface area (Å²) in [5.41, 5.74) is 0.860. The van der Waals surface area contributed by atoms with Crippen LogP contribution in [0.1, 0.15) is 34.6 Å². The maximum atomic E-state index is 13.7. The fourth-order valence-electron chi connectivity index (χ4n) is 2.25. The van der Waals surface area contributed by atoms with Crippen LogP contribution in [0.15, 0.2) is 24.3 Å². The van der Waals surface area contributed by atoms with E-state index in [1.807, 2.05) is 6.92 Å². The van der Waals surface area contributed by atoms with E-state index in [9.17, 15) is 14.0 Å². The Balaban J connectivity index is 2.13. The second-order valence-electron chi connectivity index (χ2n) is 5.22. The highest BCUT2D eigenvalue weighted by Gasteiger charge is 2.19. The first kappa shape index (κ1) is 18.9. The molecule has 1 N–H and O–H groups in total. The molecule has 1 aromatic carbocycles. The molecule has 0 aliphatic rings. The number of benzene rings is 1. The average molecular weight is 365 g/mol. The van der Waals surface area contributed by atoms with Crippen molar-refractivity contribution >= 4 is 28.2 Å². The Bertz CT molecular complexity index is 772. The van der Waals surface area contributed by atoms with Crippen molar-refractivity contribution in [3.05, 3.63) is 46.1 Å². The second-order valence-corrected chi connectivity index (χ2v) is 6.36. The third-order valence-corrected chi connectivity index (χ3v) is 4.66. The van der Waals surface area contributed by atoms with E-state index in [-0.39, 0.29) is 24.7 Å². The molecule has 0 saturated carbocycles. The first-order valence-electron chi connectivity index (χ1n) is 7.90. The normalized spacial score (nSPS) is 10.4. The molecule has 1 amide bonds. The van der Waals surface area contributed by atoms with Crippen molar-refractivity contribution < 1.29 is 23.5 Å². The molecule has 1 aromatic heterocycles. The fourth-order valence-corrected chi connectivity index (χ4v) is 3.25. The molecule has 5 nitrogen and oxygen atoms in total. The van der Waals surface area contributed by atoms with Gasteiger partial charge >= 0.3 is 5.97 Å². The summed E-state index contributed by atoms with van der Waals surface area (Å²) in [6.45, 7) is 3.95. The van der Waals surface area contributed by atoms with E-state index in [0.29, 0.717) is 16.1 Å². The van der Waals surface area contributed by atoms with E-state index in [1.165, 1.54) is 30.6 Å². The number of ether oxygens (including phenoxy) is 2. The summed E-state index contributed by atoms with van der Waals surface area (Å²) in [7, 11) is 1.38. The number of carbonyl (C=O) groups is 2. The quantitative estimate of drug-likeness (QED) is 0.758. The predicted octanol–water partition coefficient (Wildman–Crippen LogP) is 3.82. The van der Waals surface area contributed by atoms with Crippen molar-refractivity contribution in [2.24, 2.45) is 0 Å². The van der Waals surface area contributed by atoms with E-state index in [0.717, 1.165) is 11.3 Å². The minimum Gasteiger partial charge on any atom is -0.494 e. The number of methoxy groups -OCH3 is 1. The summed E-state index contributed by atoms with van der Waals surface area (Å²) in [5.74, 6) is -1.20. The Morgan fingerprint density at radius 1 is 1.24 bits per heavy atom. The summed E-state index contributed by atoms with van der Waals surface area (Å²) in [4.78, 5) is 25.3. The van der Waals surface area contributed by atoms with Crippen LogP contribution in [0.25, 0.3) is 0 Å². The van der Waals surface area contributed by atoms with Gasteiger partial charge in [0.15, 0.2) is 11.6 Å². The largest absolute Gasteiger partial charge is 0.494 e. The van der Waals surface area contributed by atoms with Crippen molar-refractivity contribution in [3.63, 3.8) is 0 Å². The van der Waals surface area contributed by atoms with Crippen LogP contribution in [-0.2, 0) is 22.4 Å². The standard InChI is InChI=1S/C18H20FNO4S/c1-4-12-10-13(18(22)24-5-2)17(25-12)20-16(21)9-11-6-7-15(23-3)14(19)8-11/h6-8,10H,4-5,9H2,1-3H3,(H,20,21). The molecule has 0 saturated heterocycles. The van der Waals surface area contributed by atoms with Crippen LogP contribution in [0.4, 0.5) is 9.39 Å². The van der Waals surface area contributed by atoms with Crippen LogP contribution in [0.5, 0.6) is 5.75 Å². The van der Waals surface area contributed by atoms with Crippen molar-refractivity contribution in [1.29, 1.82) is 0 Å². The third kappa shape index (κ3) is 4.79. The molecular formula is C18H20FNO4S.